The number of nitrogens with one attached hydrogen (secondary N) is 1. The van der Waals surface area contributed by atoms with E-state index in [1.807, 2.05) is 6.20 Å². The van der Waals surface area contributed by atoms with Crippen LogP contribution in [0.25, 0.3) is 0 Å². The van der Waals surface area contributed by atoms with Gasteiger partial charge in [0.15, 0.2) is 0 Å². The maximum atomic E-state index is 10.9. The molecule has 1 aliphatic heterocycles. The molecule has 1 N–H and O–H groups in total. The Balaban J connectivity index is 1.48. The maximum Gasteiger partial charge on any atom is 0.217 e. The molecule has 3 rings (SSSR count). The van der Waals surface area contributed by atoms with Crippen LogP contribution >= 0.6 is 0 Å². The van der Waals surface area contributed by atoms with Crippen molar-refractivity contribution in [1.82, 2.24) is 20.2 Å². The zero-order valence-electron chi connectivity index (χ0n) is 14.0. The summed E-state index contributed by atoms with van der Waals surface area (Å²) < 4.78 is 0. The lowest BCUT2D eigenvalue weighted by molar-refractivity contribution is -0.119. The number of hydrogen-bond donors (Lipinski definition) is 1. The van der Waals surface area contributed by atoms with E-state index in [9.17, 15) is 4.79 Å². The zero-order chi connectivity index (χ0) is 16.8. The van der Waals surface area contributed by atoms with E-state index in [4.69, 9.17) is 0 Å². The first kappa shape index (κ1) is 16.4. The Hall–Kier alpha value is -2.47. The van der Waals surface area contributed by atoms with Gasteiger partial charge in [-0.1, -0.05) is 24.3 Å². The van der Waals surface area contributed by atoms with Gasteiger partial charge in [-0.25, -0.2) is 4.98 Å². The van der Waals surface area contributed by atoms with Crippen molar-refractivity contribution >= 4 is 11.7 Å². The second kappa shape index (κ2) is 7.88. The molecule has 0 spiro atoms. The van der Waals surface area contributed by atoms with Crippen LogP contribution < -0.4 is 10.2 Å². The molecule has 0 atom stereocenters. The number of piperazine rings is 1. The third kappa shape index (κ3) is 4.52. The van der Waals surface area contributed by atoms with Gasteiger partial charge in [0.25, 0.3) is 0 Å². The van der Waals surface area contributed by atoms with Crippen molar-refractivity contribution in [2.24, 2.45) is 0 Å². The van der Waals surface area contributed by atoms with Gasteiger partial charge in [0.05, 0.1) is 6.20 Å². The van der Waals surface area contributed by atoms with Crippen LogP contribution in [-0.4, -0.2) is 47.0 Å². The summed E-state index contributed by atoms with van der Waals surface area (Å²) in [5.41, 5.74) is 2.43. The maximum absolute atomic E-state index is 10.9. The zero-order valence-corrected chi connectivity index (χ0v) is 14.0. The molecule has 1 aromatic heterocycles. The molecule has 1 saturated heterocycles. The molecule has 1 aliphatic rings. The molecule has 1 fully saturated rings. The Morgan fingerprint density at radius 2 is 1.79 bits per heavy atom. The van der Waals surface area contributed by atoms with Crippen LogP contribution in [0.1, 0.15) is 18.1 Å². The van der Waals surface area contributed by atoms with Crippen LogP contribution in [-0.2, 0) is 17.9 Å². The van der Waals surface area contributed by atoms with E-state index in [1.54, 1.807) is 12.4 Å². The number of aromatic nitrogens is 2. The topological polar surface area (TPSA) is 61.4 Å². The standard InChI is InChI=1S/C18H23N5O/c1-15(24)21-12-16-2-4-17(5-3-16)14-22-8-10-23(11-9-22)18-13-19-6-7-20-18/h2-7,13H,8-12,14H2,1H3,(H,21,24). The predicted molar refractivity (Wildman–Crippen MR) is 93.5 cm³/mol. The van der Waals surface area contributed by atoms with Crippen molar-refractivity contribution in [1.29, 1.82) is 0 Å². The smallest absolute Gasteiger partial charge is 0.217 e. The molecular weight excluding hydrogens is 302 g/mol. The van der Waals surface area contributed by atoms with Gasteiger partial charge in [0.1, 0.15) is 5.82 Å². The van der Waals surface area contributed by atoms with E-state index >= 15 is 0 Å². The summed E-state index contributed by atoms with van der Waals surface area (Å²) in [6, 6.07) is 8.46. The van der Waals surface area contributed by atoms with Gasteiger partial charge in [0.2, 0.25) is 5.91 Å². The van der Waals surface area contributed by atoms with Crippen LogP contribution in [0, 0.1) is 0 Å². The second-order valence-electron chi connectivity index (χ2n) is 6.05. The van der Waals surface area contributed by atoms with Gasteiger partial charge in [-0.15, -0.1) is 0 Å². The minimum absolute atomic E-state index is 0.0000494. The third-order valence-corrected chi connectivity index (χ3v) is 4.22. The number of carbonyl (C=O) groups is 1. The van der Waals surface area contributed by atoms with E-state index in [0.717, 1.165) is 44.1 Å². The number of benzene rings is 1. The number of hydrogen-bond acceptors (Lipinski definition) is 5. The van der Waals surface area contributed by atoms with Crippen LogP contribution in [0.2, 0.25) is 0 Å². The van der Waals surface area contributed by atoms with Gasteiger partial charge in [-0.3, -0.25) is 14.7 Å². The summed E-state index contributed by atoms with van der Waals surface area (Å²) in [5.74, 6) is 0.958. The molecule has 2 heterocycles. The second-order valence-corrected chi connectivity index (χ2v) is 6.05. The van der Waals surface area contributed by atoms with Crippen molar-refractivity contribution in [2.75, 3.05) is 31.1 Å². The minimum atomic E-state index is 0.0000494. The lowest BCUT2D eigenvalue weighted by Crippen LogP contribution is -2.46. The molecule has 2 aromatic rings. The fourth-order valence-corrected chi connectivity index (χ4v) is 2.84. The molecule has 0 aliphatic carbocycles. The van der Waals surface area contributed by atoms with E-state index in [1.165, 1.54) is 12.5 Å². The van der Waals surface area contributed by atoms with Gasteiger partial charge in [0, 0.05) is 58.6 Å². The molecule has 6 nitrogen and oxygen atoms in total. The van der Waals surface area contributed by atoms with Crippen LogP contribution in [0.15, 0.2) is 42.9 Å². The fraction of sp³-hybridized carbons (Fsp3) is 0.389. The van der Waals surface area contributed by atoms with Gasteiger partial charge < -0.3 is 10.2 Å². The molecule has 0 radical (unpaired) electrons. The Bertz CT molecular complexity index is 651. The van der Waals surface area contributed by atoms with E-state index in [2.05, 4.69) is 49.4 Å². The monoisotopic (exact) mass is 325 g/mol. The summed E-state index contributed by atoms with van der Waals surface area (Å²) in [4.78, 5) is 24.2. The Labute approximate surface area is 142 Å². The molecule has 0 unspecified atom stereocenters. The number of amides is 1. The Morgan fingerprint density at radius 3 is 2.42 bits per heavy atom. The molecule has 0 bridgehead atoms. The minimum Gasteiger partial charge on any atom is -0.353 e. The van der Waals surface area contributed by atoms with Crippen molar-refractivity contribution in [3.05, 3.63) is 54.0 Å². The highest BCUT2D eigenvalue weighted by Crippen LogP contribution is 2.14. The summed E-state index contributed by atoms with van der Waals surface area (Å²) >= 11 is 0. The van der Waals surface area contributed by atoms with Crippen LogP contribution in [0.4, 0.5) is 5.82 Å². The Kier molecular flexibility index (Phi) is 5.38. The van der Waals surface area contributed by atoms with Gasteiger partial charge in [-0.05, 0) is 11.1 Å². The highest BCUT2D eigenvalue weighted by molar-refractivity contribution is 5.72. The predicted octanol–water partition coefficient (Wildman–Crippen LogP) is 1.43. The number of rotatable bonds is 5. The van der Waals surface area contributed by atoms with Gasteiger partial charge in [-0.2, -0.15) is 0 Å². The fourth-order valence-electron chi connectivity index (χ4n) is 2.84. The van der Waals surface area contributed by atoms with Crippen molar-refractivity contribution < 1.29 is 4.79 Å². The van der Waals surface area contributed by atoms with E-state index < -0.39 is 0 Å². The van der Waals surface area contributed by atoms with Crippen LogP contribution in [0.5, 0.6) is 0 Å². The summed E-state index contributed by atoms with van der Waals surface area (Å²) in [7, 11) is 0. The summed E-state index contributed by atoms with van der Waals surface area (Å²) in [6.45, 7) is 7.06. The molecule has 1 amide bonds. The van der Waals surface area contributed by atoms with Crippen molar-refractivity contribution in [2.45, 2.75) is 20.0 Å². The van der Waals surface area contributed by atoms with E-state index in [-0.39, 0.29) is 5.91 Å². The first-order valence-corrected chi connectivity index (χ1v) is 8.26. The summed E-state index contributed by atoms with van der Waals surface area (Å²) in [6.07, 6.45) is 5.27. The first-order valence-electron chi connectivity index (χ1n) is 8.26. The molecule has 1 aromatic carbocycles. The molecule has 126 valence electrons. The van der Waals surface area contributed by atoms with E-state index in [0.29, 0.717) is 6.54 Å². The number of nitrogens with zero attached hydrogens (tertiary/aromatic N) is 4. The molecule has 24 heavy (non-hydrogen) atoms. The molecule has 0 saturated carbocycles. The highest BCUT2D eigenvalue weighted by atomic mass is 16.1. The average molecular weight is 325 g/mol. The lowest BCUT2D eigenvalue weighted by Gasteiger charge is -2.35. The first-order chi connectivity index (χ1) is 11.7. The third-order valence-electron chi connectivity index (χ3n) is 4.22. The van der Waals surface area contributed by atoms with Crippen LogP contribution in [0.3, 0.4) is 0 Å². The van der Waals surface area contributed by atoms with Crippen molar-refractivity contribution in [3.63, 3.8) is 0 Å². The lowest BCUT2D eigenvalue weighted by atomic mass is 10.1. The summed E-state index contributed by atoms with van der Waals surface area (Å²) in [5, 5.41) is 2.82. The number of anilines is 1. The average Bonchev–Trinajstić information content (AvgIpc) is 2.62. The van der Waals surface area contributed by atoms with Gasteiger partial charge >= 0.3 is 0 Å². The number of carbonyl (C=O) groups excluding carboxylic acids is 1. The molecular formula is C18H23N5O. The Morgan fingerprint density at radius 1 is 1.08 bits per heavy atom. The molecule has 6 heteroatoms. The van der Waals surface area contributed by atoms with Crippen molar-refractivity contribution in [3.8, 4) is 0 Å². The largest absolute Gasteiger partial charge is 0.353 e. The highest BCUT2D eigenvalue weighted by Gasteiger charge is 2.18. The quantitative estimate of drug-likeness (QED) is 0.901. The SMILES string of the molecule is CC(=O)NCc1ccc(CN2CCN(c3cnccn3)CC2)cc1. The normalized spacial score (nSPS) is 15.3.